The predicted octanol–water partition coefficient (Wildman–Crippen LogP) is 1.82. The van der Waals surface area contributed by atoms with Gasteiger partial charge in [0.2, 0.25) is 0 Å². The summed E-state index contributed by atoms with van der Waals surface area (Å²) in [5.74, 6) is 0. The molecule has 0 aromatic rings. The van der Waals surface area contributed by atoms with Crippen molar-refractivity contribution < 1.29 is 4.74 Å². The molecule has 0 aliphatic carbocycles. The van der Waals surface area contributed by atoms with Crippen molar-refractivity contribution in [2.24, 2.45) is 0 Å². The van der Waals surface area contributed by atoms with Crippen molar-refractivity contribution in [1.29, 1.82) is 0 Å². The summed E-state index contributed by atoms with van der Waals surface area (Å²) in [6, 6.07) is 0.287. The Hall–Kier alpha value is -0.350. The minimum absolute atomic E-state index is 0.0142. The van der Waals surface area contributed by atoms with Crippen LogP contribution in [0, 0.1) is 0 Å². The summed E-state index contributed by atoms with van der Waals surface area (Å²) >= 11 is 5.24. The molecule has 2 N–H and O–H groups in total. The molecule has 1 fully saturated rings. The molecule has 1 saturated heterocycles. The highest BCUT2D eigenvalue weighted by atomic mass is 32.1. The van der Waals surface area contributed by atoms with Gasteiger partial charge in [-0.05, 0) is 52.8 Å². The van der Waals surface area contributed by atoms with Gasteiger partial charge in [0, 0.05) is 12.1 Å². The van der Waals surface area contributed by atoms with E-state index >= 15 is 0 Å². The molecule has 1 aliphatic heterocycles. The zero-order valence-electron chi connectivity index (χ0n) is 10.1. The van der Waals surface area contributed by atoms with Crippen LogP contribution in [0.15, 0.2) is 0 Å². The second-order valence-electron chi connectivity index (χ2n) is 5.19. The number of hydrogen-bond acceptors (Lipinski definition) is 2. The zero-order chi connectivity index (χ0) is 11.5. The Morgan fingerprint density at radius 1 is 1.47 bits per heavy atom. The molecule has 0 unspecified atom stereocenters. The molecule has 1 aliphatic rings. The van der Waals surface area contributed by atoms with E-state index in [4.69, 9.17) is 17.0 Å². The summed E-state index contributed by atoms with van der Waals surface area (Å²) in [5, 5.41) is 7.23. The van der Waals surface area contributed by atoms with E-state index in [1.807, 2.05) is 0 Å². The van der Waals surface area contributed by atoms with E-state index in [0.29, 0.717) is 11.2 Å². The van der Waals surface area contributed by atoms with Crippen LogP contribution < -0.4 is 10.6 Å². The van der Waals surface area contributed by atoms with Crippen molar-refractivity contribution in [2.45, 2.75) is 58.2 Å². The van der Waals surface area contributed by atoms with Gasteiger partial charge in [-0.25, -0.2) is 0 Å². The minimum atomic E-state index is 0.0142. The van der Waals surface area contributed by atoms with Gasteiger partial charge in [-0.1, -0.05) is 0 Å². The van der Waals surface area contributed by atoms with Crippen molar-refractivity contribution >= 4 is 17.3 Å². The van der Waals surface area contributed by atoms with Crippen LogP contribution in [-0.2, 0) is 4.74 Å². The van der Waals surface area contributed by atoms with Gasteiger partial charge < -0.3 is 15.4 Å². The van der Waals surface area contributed by atoms with Crippen molar-refractivity contribution in [3.63, 3.8) is 0 Å². The summed E-state index contributed by atoms with van der Waals surface area (Å²) in [4.78, 5) is 0. The maximum absolute atomic E-state index is 5.60. The van der Waals surface area contributed by atoms with Crippen LogP contribution in [0.25, 0.3) is 0 Å². The summed E-state index contributed by atoms with van der Waals surface area (Å²) in [6.07, 6.45) is 2.60. The van der Waals surface area contributed by atoms with Gasteiger partial charge in [0.15, 0.2) is 5.11 Å². The van der Waals surface area contributed by atoms with E-state index in [2.05, 4.69) is 38.3 Å². The van der Waals surface area contributed by atoms with Crippen molar-refractivity contribution in [3.05, 3.63) is 0 Å². The molecular weight excluding hydrogens is 208 g/mol. The molecular formula is C11H22N2OS. The maximum Gasteiger partial charge on any atom is 0.166 e. The third-order valence-electron chi connectivity index (χ3n) is 2.37. The molecule has 0 saturated carbocycles. The lowest BCUT2D eigenvalue weighted by Gasteiger charge is -2.27. The van der Waals surface area contributed by atoms with Crippen LogP contribution in [0.3, 0.4) is 0 Å². The first-order valence-electron chi connectivity index (χ1n) is 5.59. The summed E-state index contributed by atoms with van der Waals surface area (Å²) in [5.41, 5.74) is 0.0142. The smallest absolute Gasteiger partial charge is 0.166 e. The summed E-state index contributed by atoms with van der Waals surface area (Å²) < 4.78 is 5.60. The first-order valence-corrected chi connectivity index (χ1v) is 5.99. The van der Waals surface area contributed by atoms with E-state index < -0.39 is 0 Å². The Balaban J connectivity index is 2.30. The Morgan fingerprint density at radius 2 is 2.13 bits per heavy atom. The maximum atomic E-state index is 5.60. The highest BCUT2D eigenvalue weighted by Gasteiger charge is 2.23. The van der Waals surface area contributed by atoms with Crippen molar-refractivity contribution in [1.82, 2.24) is 10.6 Å². The van der Waals surface area contributed by atoms with E-state index in [1.54, 1.807) is 0 Å². The summed E-state index contributed by atoms with van der Waals surface area (Å²) in [7, 11) is 0. The SMILES string of the molecule is C[C@H](NC(=S)NC(C)(C)C)[C@H]1CCCO1. The number of hydrogen-bond donors (Lipinski definition) is 2. The van der Waals surface area contributed by atoms with Gasteiger partial charge in [-0.2, -0.15) is 0 Å². The fourth-order valence-corrected chi connectivity index (χ4v) is 2.17. The quantitative estimate of drug-likeness (QED) is 0.709. The van der Waals surface area contributed by atoms with Crippen LogP contribution in [-0.4, -0.2) is 29.4 Å². The Labute approximate surface area is 98.0 Å². The van der Waals surface area contributed by atoms with Gasteiger partial charge in [0.05, 0.1) is 12.1 Å². The number of ether oxygens (including phenoxy) is 1. The largest absolute Gasteiger partial charge is 0.376 e. The molecule has 15 heavy (non-hydrogen) atoms. The lowest BCUT2D eigenvalue weighted by Crippen LogP contribution is -2.51. The van der Waals surface area contributed by atoms with Crippen LogP contribution in [0.2, 0.25) is 0 Å². The molecule has 88 valence electrons. The van der Waals surface area contributed by atoms with Crippen molar-refractivity contribution in [3.8, 4) is 0 Å². The molecule has 0 amide bonds. The number of rotatable bonds is 2. The molecule has 1 heterocycles. The Bertz CT molecular complexity index is 219. The zero-order valence-corrected chi connectivity index (χ0v) is 10.9. The van der Waals surface area contributed by atoms with E-state index in [9.17, 15) is 0 Å². The second-order valence-corrected chi connectivity index (χ2v) is 5.60. The average Bonchev–Trinajstić information content (AvgIpc) is 2.50. The van der Waals surface area contributed by atoms with Crippen LogP contribution in [0.4, 0.5) is 0 Å². The summed E-state index contributed by atoms with van der Waals surface area (Å²) in [6.45, 7) is 9.29. The average molecular weight is 230 g/mol. The van der Waals surface area contributed by atoms with E-state index in [1.165, 1.54) is 0 Å². The lowest BCUT2D eigenvalue weighted by molar-refractivity contribution is 0.0891. The molecule has 0 aromatic heterocycles. The highest BCUT2D eigenvalue weighted by molar-refractivity contribution is 7.80. The Kier molecular flexibility index (Phi) is 4.34. The van der Waals surface area contributed by atoms with Gasteiger partial charge in [0.25, 0.3) is 0 Å². The molecule has 0 aromatic carbocycles. The monoisotopic (exact) mass is 230 g/mol. The van der Waals surface area contributed by atoms with E-state index in [0.717, 1.165) is 19.4 Å². The molecule has 1 rings (SSSR count). The second kappa shape index (κ2) is 5.12. The van der Waals surface area contributed by atoms with Crippen LogP contribution in [0.1, 0.15) is 40.5 Å². The van der Waals surface area contributed by atoms with E-state index in [-0.39, 0.29) is 11.6 Å². The lowest BCUT2D eigenvalue weighted by atomic mass is 10.1. The molecule has 0 bridgehead atoms. The third-order valence-corrected chi connectivity index (χ3v) is 2.59. The first-order chi connectivity index (χ1) is 6.88. The van der Waals surface area contributed by atoms with Gasteiger partial charge in [0.1, 0.15) is 0 Å². The molecule has 2 atom stereocenters. The van der Waals surface area contributed by atoms with Gasteiger partial charge in [-0.3, -0.25) is 0 Å². The fraction of sp³-hybridized carbons (Fsp3) is 0.909. The first kappa shape index (κ1) is 12.7. The van der Waals surface area contributed by atoms with Gasteiger partial charge >= 0.3 is 0 Å². The molecule has 0 spiro atoms. The van der Waals surface area contributed by atoms with Gasteiger partial charge in [-0.15, -0.1) is 0 Å². The minimum Gasteiger partial charge on any atom is -0.376 e. The highest BCUT2D eigenvalue weighted by Crippen LogP contribution is 2.15. The molecule has 3 nitrogen and oxygen atoms in total. The third kappa shape index (κ3) is 4.80. The van der Waals surface area contributed by atoms with Crippen LogP contribution in [0.5, 0.6) is 0 Å². The topological polar surface area (TPSA) is 33.3 Å². The Morgan fingerprint density at radius 3 is 2.60 bits per heavy atom. The molecule has 4 heteroatoms. The standard InChI is InChI=1S/C11H22N2OS/c1-8(9-6-5-7-14-9)12-10(15)13-11(2,3)4/h8-9H,5-7H2,1-4H3,(H2,12,13,15)/t8-,9+/m0/s1. The normalized spacial score (nSPS) is 23.6. The molecule has 0 radical (unpaired) electrons. The fourth-order valence-electron chi connectivity index (χ4n) is 1.67. The van der Waals surface area contributed by atoms with Crippen LogP contribution >= 0.6 is 12.2 Å². The van der Waals surface area contributed by atoms with Crippen molar-refractivity contribution in [2.75, 3.05) is 6.61 Å². The number of nitrogens with one attached hydrogen (secondary N) is 2. The predicted molar refractivity (Wildman–Crippen MR) is 67.1 cm³/mol. The number of thiocarbonyl (C=S) groups is 1.